The molecule has 102 valence electrons. The molecule has 0 N–H and O–H groups in total. The van der Waals surface area contributed by atoms with Gasteiger partial charge in [0, 0.05) is 14.0 Å². The summed E-state index contributed by atoms with van der Waals surface area (Å²) in [6, 6.07) is 15.2. The zero-order chi connectivity index (χ0) is 14.1. The van der Waals surface area contributed by atoms with Gasteiger partial charge in [-0.05, 0) is 57.2 Å². The normalized spacial score (nSPS) is 12.8. The Balaban J connectivity index is 1.91. The van der Waals surface area contributed by atoms with Crippen molar-refractivity contribution in [3.05, 3.63) is 69.0 Å². The molecular weight excluding hydrogens is 396 g/mol. The topological polar surface area (TPSA) is 0 Å². The monoisotopic (exact) mass is 408 g/mol. The van der Waals surface area contributed by atoms with Gasteiger partial charge in [-0.25, -0.2) is 0 Å². The van der Waals surface area contributed by atoms with E-state index in [0.29, 0.717) is 4.83 Å². The highest BCUT2D eigenvalue weighted by molar-refractivity contribution is 9.10. The van der Waals surface area contributed by atoms with Gasteiger partial charge >= 0.3 is 0 Å². The van der Waals surface area contributed by atoms with Crippen LogP contribution in [0.2, 0.25) is 0 Å². The van der Waals surface area contributed by atoms with E-state index in [-0.39, 0.29) is 0 Å². The Morgan fingerprint density at radius 3 is 2.60 bits per heavy atom. The van der Waals surface area contributed by atoms with Gasteiger partial charge in [-0.3, -0.25) is 0 Å². The summed E-state index contributed by atoms with van der Waals surface area (Å²) in [6.45, 7) is 2.12. The molecule has 1 unspecified atom stereocenters. The van der Waals surface area contributed by atoms with Crippen LogP contribution in [-0.2, 0) is 6.42 Å². The van der Waals surface area contributed by atoms with Crippen molar-refractivity contribution in [2.24, 2.45) is 0 Å². The molecule has 1 heterocycles. The predicted molar refractivity (Wildman–Crippen MR) is 96.1 cm³/mol. The maximum atomic E-state index is 3.86. The van der Waals surface area contributed by atoms with E-state index < -0.39 is 0 Å². The van der Waals surface area contributed by atoms with Crippen LogP contribution in [0, 0.1) is 6.92 Å². The summed E-state index contributed by atoms with van der Waals surface area (Å²) < 4.78 is 2.51. The fraction of sp³-hybridized carbons (Fsp3) is 0.176. The third kappa shape index (κ3) is 2.85. The first-order valence-corrected chi connectivity index (χ1v) is 9.09. The second kappa shape index (κ2) is 6.00. The predicted octanol–water partition coefficient (Wildman–Crippen LogP) is 6.65. The number of halogens is 2. The van der Waals surface area contributed by atoms with Crippen LogP contribution in [0.1, 0.15) is 21.5 Å². The Labute approximate surface area is 140 Å². The third-order valence-electron chi connectivity index (χ3n) is 3.45. The number of hydrogen-bond acceptors (Lipinski definition) is 1. The molecule has 2 aromatic carbocycles. The van der Waals surface area contributed by atoms with Gasteiger partial charge in [0.1, 0.15) is 0 Å². The lowest BCUT2D eigenvalue weighted by Crippen LogP contribution is -1.94. The van der Waals surface area contributed by atoms with Crippen molar-refractivity contribution in [1.29, 1.82) is 0 Å². The molecule has 0 aliphatic rings. The minimum atomic E-state index is 0.355. The summed E-state index contributed by atoms with van der Waals surface area (Å²) in [6.07, 6.45) is 1.01. The summed E-state index contributed by atoms with van der Waals surface area (Å²) in [7, 11) is 0. The van der Waals surface area contributed by atoms with Gasteiger partial charge in [-0.2, -0.15) is 0 Å². The molecule has 0 amide bonds. The fourth-order valence-corrected chi connectivity index (χ4v) is 4.93. The molecule has 1 atom stereocenters. The molecule has 0 saturated heterocycles. The summed E-state index contributed by atoms with van der Waals surface area (Å²) >= 11 is 9.29. The van der Waals surface area contributed by atoms with E-state index in [1.54, 1.807) is 11.3 Å². The number of alkyl halides is 1. The van der Waals surface area contributed by atoms with E-state index in [0.717, 1.165) is 6.42 Å². The van der Waals surface area contributed by atoms with E-state index in [2.05, 4.69) is 86.6 Å². The standard InChI is InChI=1S/C17H14Br2S/c1-11-5-7-12(8-6-11)9-16(19)14-10-20-17-13(14)3-2-4-15(17)18/h2-8,10,16H,9H2,1H3. The Kier molecular flexibility index (Phi) is 4.29. The van der Waals surface area contributed by atoms with Gasteiger partial charge in [0.05, 0.1) is 0 Å². The van der Waals surface area contributed by atoms with Gasteiger partial charge in [0.25, 0.3) is 0 Å². The minimum absolute atomic E-state index is 0.355. The van der Waals surface area contributed by atoms with E-state index >= 15 is 0 Å². The first-order chi connectivity index (χ1) is 9.65. The van der Waals surface area contributed by atoms with Crippen molar-refractivity contribution >= 4 is 53.3 Å². The molecule has 0 fully saturated rings. The van der Waals surface area contributed by atoms with E-state index in [9.17, 15) is 0 Å². The lowest BCUT2D eigenvalue weighted by atomic mass is 10.0. The molecule has 0 nitrogen and oxygen atoms in total. The van der Waals surface area contributed by atoms with Crippen molar-refractivity contribution in [2.45, 2.75) is 18.2 Å². The molecule has 1 aromatic heterocycles. The highest BCUT2D eigenvalue weighted by Crippen LogP contribution is 2.39. The SMILES string of the molecule is Cc1ccc(CC(Br)c2csc3c(Br)cccc23)cc1. The van der Waals surface area contributed by atoms with Crippen molar-refractivity contribution in [1.82, 2.24) is 0 Å². The van der Waals surface area contributed by atoms with Crippen LogP contribution in [-0.4, -0.2) is 0 Å². The van der Waals surface area contributed by atoms with Gasteiger partial charge in [-0.1, -0.05) is 57.9 Å². The summed E-state index contributed by atoms with van der Waals surface area (Å²) in [5.41, 5.74) is 4.06. The number of hydrogen-bond donors (Lipinski definition) is 0. The first kappa shape index (κ1) is 14.3. The van der Waals surface area contributed by atoms with E-state index in [4.69, 9.17) is 0 Å². The van der Waals surface area contributed by atoms with Crippen LogP contribution < -0.4 is 0 Å². The van der Waals surface area contributed by atoms with Gasteiger partial charge in [0.15, 0.2) is 0 Å². The third-order valence-corrected chi connectivity index (χ3v) is 6.24. The number of benzene rings is 2. The van der Waals surface area contributed by atoms with Gasteiger partial charge < -0.3 is 0 Å². The summed E-state index contributed by atoms with van der Waals surface area (Å²) in [5.74, 6) is 0. The molecule has 0 radical (unpaired) electrons. The van der Waals surface area contributed by atoms with Gasteiger partial charge in [-0.15, -0.1) is 11.3 Å². The second-order valence-electron chi connectivity index (χ2n) is 4.96. The summed E-state index contributed by atoms with van der Waals surface area (Å²) in [5, 5.41) is 3.61. The van der Waals surface area contributed by atoms with Crippen LogP contribution in [0.15, 0.2) is 52.3 Å². The number of rotatable bonds is 3. The Hall–Kier alpha value is -0.640. The van der Waals surface area contributed by atoms with Crippen molar-refractivity contribution in [3.8, 4) is 0 Å². The van der Waals surface area contributed by atoms with Crippen molar-refractivity contribution in [2.75, 3.05) is 0 Å². The Morgan fingerprint density at radius 2 is 1.85 bits per heavy atom. The van der Waals surface area contributed by atoms with Crippen molar-refractivity contribution in [3.63, 3.8) is 0 Å². The van der Waals surface area contributed by atoms with Crippen LogP contribution in [0.25, 0.3) is 10.1 Å². The van der Waals surface area contributed by atoms with Gasteiger partial charge in [0.2, 0.25) is 0 Å². The van der Waals surface area contributed by atoms with Crippen LogP contribution in [0.5, 0.6) is 0 Å². The molecule has 0 aliphatic carbocycles. The molecule has 0 saturated carbocycles. The maximum Gasteiger partial charge on any atom is 0.0488 e. The number of fused-ring (bicyclic) bond motifs is 1. The molecule has 20 heavy (non-hydrogen) atoms. The number of thiophene rings is 1. The molecular formula is C17H14Br2S. The first-order valence-electron chi connectivity index (χ1n) is 6.50. The van der Waals surface area contributed by atoms with E-state index in [1.807, 2.05) is 0 Å². The highest BCUT2D eigenvalue weighted by atomic mass is 79.9. The highest BCUT2D eigenvalue weighted by Gasteiger charge is 2.14. The quantitative estimate of drug-likeness (QED) is 0.424. The molecule has 0 aliphatic heterocycles. The maximum absolute atomic E-state index is 3.86. The summed E-state index contributed by atoms with van der Waals surface area (Å²) in [4.78, 5) is 0.355. The fourth-order valence-electron chi connectivity index (χ4n) is 2.33. The number of aryl methyl sites for hydroxylation is 1. The zero-order valence-corrected chi connectivity index (χ0v) is 15.1. The Morgan fingerprint density at radius 1 is 1.10 bits per heavy atom. The second-order valence-corrected chi connectivity index (χ2v) is 7.80. The molecule has 3 aromatic rings. The van der Waals surface area contributed by atoms with Crippen LogP contribution in [0.4, 0.5) is 0 Å². The average molecular weight is 410 g/mol. The molecule has 3 rings (SSSR count). The lowest BCUT2D eigenvalue weighted by Gasteiger charge is -2.10. The molecule has 0 bridgehead atoms. The van der Waals surface area contributed by atoms with Crippen LogP contribution >= 0.6 is 43.2 Å². The molecule has 3 heteroatoms. The average Bonchev–Trinajstić information content (AvgIpc) is 2.87. The van der Waals surface area contributed by atoms with Crippen LogP contribution in [0.3, 0.4) is 0 Å². The Bertz CT molecular complexity index is 728. The smallest absolute Gasteiger partial charge is 0.0488 e. The minimum Gasteiger partial charge on any atom is -0.142 e. The van der Waals surface area contributed by atoms with E-state index in [1.165, 1.54) is 31.2 Å². The largest absolute Gasteiger partial charge is 0.142 e. The zero-order valence-electron chi connectivity index (χ0n) is 11.1. The lowest BCUT2D eigenvalue weighted by molar-refractivity contribution is 0.961. The van der Waals surface area contributed by atoms with Crippen molar-refractivity contribution < 1.29 is 0 Å². The molecule has 0 spiro atoms.